The van der Waals surface area contributed by atoms with Gasteiger partial charge in [-0.25, -0.2) is 4.39 Å². The molecule has 9 heteroatoms. The van der Waals surface area contributed by atoms with E-state index in [1.54, 1.807) is 42.9 Å². The second kappa shape index (κ2) is 12.0. The molecule has 0 N–H and O–H groups in total. The Balaban J connectivity index is 1.57. The second-order valence-corrected chi connectivity index (χ2v) is 10.6. The summed E-state index contributed by atoms with van der Waals surface area (Å²) in [4.78, 5) is 39.0. The summed E-state index contributed by atoms with van der Waals surface area (Å²) in [6.45, 7) is 5.11. The number of thioether (sulfide) groups is 1. The van der Waals surface area contributed by atoms with Gasteiger partial charge in [0.1, 0.15) is 5.82 Å². The molecule has 1 aliphatic carbocycles. The normalized spacial score (nSPS) is 20.3. The summed E-state index contributed by atoms with van der Waals surface area (Å²) in [5, 5.41) is 4.54. The first-order valence-corrected chi connectivity index (χ1v) is 13.3. The van der Waals surface area contributed by atoms with Gasteiger partial charge in [-0.1, -0.05) is 30.0 Å². The lowest BCUT2D eigenvalue weighted by atomic mass is 9.93. The summed E-state index contributed by atoms with van der Waals surface area (Å²) in [7, 11) is 0. The van der Waals surface area contributed by atoms with Gasteiger partial charge in [0, 0.05) is 42.9 Å². The van der Waals surface area contributed by atoms with Gasteiger partial charge in [0.2, 0.25) is 0 Å². The molecule has 0 radical (unpaired) electrons. The van der Waals surface area contributed by atoms with Crippen molar-refractivity contribution in [2.75, 3.05) is 19.7 Å². The molecule has 4 rings (SSSR count). The van der Waals surface area contributed by atoms with Crippen LogP contribution >= 0.6 is 11.8 Å². The molecule has 1 saturated heterocycles. The standard InChI is InChI=1S/C27H32FN3O4S/c1-3-35-25(33)12-15-31-14-10-21(29-31)16-20-17-30(13-11-24(20)36-18(2)32)26(27(34)19-8-9-19)22-6-4-5-7-23(22)28/h4-7,10,14,16,19,24,26H,3,8-9,11-13,15,17H2,1-2H3/b20-16-/t24-,26+/m0/s1. The minimum Gasteiger partial charge on any atom is -0.466 e. The molecule has 0 bridgehead atoms. The average Bonchev–Trinajstić information content (AvgIpc) is 3.60. The third-order valence-electron chi connectivity index (χ3n) is 6.45. The Morgan fingerprint density at radius 2 is 2.00 bits per heavy atom. The number of aromatic nitrogens is 2. The predicted octanol–water partition coefficient (Wildman–Crippen LogP) is 4.43. The van der Waals surface area contributed by atoms with Crippen LogP contribution in [0.25, 0.3) is 6.08 Å². The molecular formula is C27H32FN3O4S. The molecule has 0 spiro atoms. The van der Waals surface area contributed by atoms with E-state index in [2.05, 4.69) is 5.10 Å². The summed E-state index contributed by atoms with van der Waals surface area (Å²) >= 11 is 1.28. The highest BCUT2D eigenvalue weighted by Gasteiger charge is 2.41. The lowest BCUT2D eigenvalue weighted by molar-refractivity contribution is -0.143. The largest absolute Gasteiger partial charge is 0.466 e. The van der Waals surface area contributed by atoms with E-state index >= 15 is 0 Å². The number of esters is 1. The number of aryl methyl sites for hydroxylation is 1. The van der Waals surface area contributed by atoms with E-state index in [4.69, 9.17) is 4.74 Å². The first kappa shape index (κ1) is 26.3. The third-order valence-corrected chi connectivity index (χ3v) is 7.60. The van der Waals surface area contributed by atoms with Crippen LogP contribution in [0, 0.1) is 11.7 Å². The van der Waals surface area contributed by atoms with Crippen LogP contribution in [0.1, 0.15) is 56.8 Å². The number of nitrogens with zero attached hydrogens (tertiary/aromatic N) is 3. The van der Waals surface area contributed by atoms with E-state index in [0.717, 1.165) is 18.4 Å². The number of ketones is 1. The van der Waals surface area contributed by atoms with Gasteiger partial charge in [0.15, 0.2) is 10.9 Å². The molecule has 192 valence electrons. The Bertz CT molecular complexity index is 1140. The topological polar surface area (TPSA) is 81.5 Å². The van der Waals surface area contributed by atoms with Crippen LogP contribution in [0.2, 0.25) is 0 Å². The molecule has 2 fully saturated rings. The van der Waals surface area contributed by atoms with Crippen molar-refractivity contribution in [2.45, 2.75) is 57.4 Å². The van der Waals surface area contributed by atoms with Crippen LogP contribution in [-0.4, -0.2) is 56.5 Å². The highest BCUT2D eigenvalue weighted by atomic mass is 32.2. The number of carbonyl (C=O) groups excluding carboxylic acids is 3. The number of halogens is 1. The molecule has 2 aromatic rings. The van der Waals surface area contributed by atoms with Gasteiger partial charge >= 0.3 is 5.97 Å². The molecule has 2 aliphatic rings. The molecule has 1 saturated carbocycles. The number of Topliss-reactive ketones (excluding diaryl/α,β-unsaturated/α-hetero) is 1. The van der Waals surface area contributed by atoms with Crippen LogP contribution in [0.15, 0.2) is 42.1 Å². The lowest BCUT2D eigenvalue weighted by Gasteiger charge is -2.38. The molecule has 0 amide bonds. The van der Waals surface area contributed by atoms with Gasteiger partial charge in [0.05, 0.1) is 31.3 Å². The van der Waals surface area contributed by atoms with Crippen molar-refractivity contribution in [3.63, 3.8) is 0 Å². The molecule has 2 atom stereocenters. The molecule has 1 aromatic heterocycles. The van der Waals surface area contributed by atoms with Gasteiger partial charge < -0.3 is 4.74 Å². The fourth-order valence-corrected chi connectivity index (χ4v) is 5.52. The van der Waals surface area contributed by atoms with E-state index in [1.165, 1.54) is 17.8 Å². The molecular weight excluding hydrogens is 481 g/mol. The molecule has 1 aliphatic heterocycles. The second-order valence-electron chi connectivity index (χ2n) is 9.24. The Labute approximate surface area is 215 Å². The van der Waals surface area contributed by atoms with Gasteiger partial charge in [-0.2, -0.15) is 5.10 Å². The van der Waals surface area contributed by atoms with Crippen molar-refractivity contribution in [3.05, 3.63) is 59.2 Å². The molecule has 36 heavy (non-hydrogen) atoms. The summed E-state index contributed by atoms with van der Waals surface area (Å²) in [6.07, 6.45) is 6.36. The summed E-state index contributed by atoms with van der Waals surface area (Å²) in [6, 6.07) is 7.72. The fourth-order valence-electron chi connectivity index (χ4n) is 4.60. The zero-order chi connectivity index (χ0) is 25.7. The highest BCUT2D eigenvalue weighted by Crippen LogP contribution is 2.40. The van der Waals surface area contributed by atoms with Crippen LogP contribution in [-0.2, 0) is 25.7 Å². The summed E-state index contributed by atoms with van der Waals surface area (Å²) in [5.41, 5.74) is 2.09. The van der Waals surface area contributed by atoms with E-state index in [-0.39, 0.29) is 40.3 Å². The van der Waals surface area contributed by atoms with E-state index in [9.17, 15) is 18.8 Å². The van der Waals surface area contributed by atoms with Crippen LogP contribution in [0.4, 0.5) is 4.39 Å². The van der Waals surface area contributed by atoms with Crippen LogP contribution in [0.3, 0.4) is 0 Å². The van der Waals surface area contributed by atoms with Gasteiger partial charge in [0.25, 0.3) is 0 Å². The minimum atomic E-state index is -0.646. The first-order chi connectivity index (χ1) is 17.4. The van der Waals surface area contributed by atoms with Crippen molar-refractivity contribution in [1.29, 1.82) is 0 Å². The van der Waals surface area contributed by atoms with Crippen molar-refractivity contribution in [3.8, 4) is 0 Å². The smallest absolute Gasteiger partial charge is 0.307 e. The van der Waals surface area contributed by atoms with Crippen molar-refractivity contribution in [1.82, 2.24) is 14.7 Å². The molecule has 2 heterocycles. The Morgan fingerprint density at radius 1 is 1.22 bits per heavy atom. The Kier molecular flexibility index (Phi) is 8.74. The zero-order valence-electron chi connectivity index (χ0n) is 20.7. The number of likely N-dealkylation sites (tertiary alicyclic amines) is 1. The number of rotatable bonds is 10. The quantitative estimate of drug-likeness (QED) is 0.435. The van der Waals surface area contributed by atoms with Crippen LogP contribution in [0.5, 0.6) is 0 Å². The number of carbonyl (C=O) groups is 3. The summed E-state index contributed by atoms with van der Waals surface area (Å²) in [5.74, 6) is -0.585. The summed E-state index contributed by atoms with van der Waals surface area (Å²) < 4.78 is 21.5. The van der Waals surface area contributed by atoms with Crippen molar-refractivity contribution >= 4 is 34.7 Å². The number of ether oxygens (including phenoxy) is 1. The van der Waals surface area contributed by atoms with Crippen molar-refractivity contribution in [2.24, 2.45) is 5.92 Å². The van der Waals surface area contributed by atoms with Crippen LogP contribution < -0.4 is 0 Å². The number of benzene rings is 1. The maximum atomic E-state index is 14.8. The number of hydrogen-bond donors (Lipinski definition) is 0. The maximum Gasteiger partial charge on any atom is 0.307 e. The maximum absolute atomic E-state index is 14.8. The lowest BCUT2D eigenvalue weighted by Crippen LogP contribution is -2.43. The van der Waals surface area contributed by atoms with E-state index in [1.807, 2.05) is 17.0 Å². The number of hydrogen-bond acceptors (Lipinski definition) is 7. The monoisotopic (exact) mass is 513 g/mol. The SMILES string of the molecule is CCOC(=O)CCn1ccc(/C=C2/CN([C@@H](C(=O)C3CC3)c3ccccc3F)CC[C@@H]2SC(C)=O)n1. The molecule has 1 aromatic carbocycles. The van der Waals surface area contributed by atoms with E-state index < -0.39 is 6.04 Å². The van der Waals surface area contributed by atoms with Crippen molar-refractivity contribution < 1.29 is 23.5 Å². The zero-order valence-corrected chi connectivity index (χ0v) is 21.5. The average molecular weight is 514 g/mol. The first-order valence-electron chi connectivity index (χ1n) is 12.4. The van der Waals surface area contributed by atoms with Gasteiger partial charge in [-0.15, -0.1) is 0 Å². The Morgan fingerprint density at radius 3 is 2.69 bits per heavy atom. The minimum absolute atomic E-state index is 0.0125. The highest BCUT2D eigenvalue weighted by molar-refractivity contribution is 8.14. The molecule has 0 unspecified atom stereocenters. The van der Waals surface area contributed by atoms with Gasteiger partial charge in [-0.3, -0.25) is 24.0 Å². The third kappa shape index (κ3) is 6.70. The molecule has 7 nitrogen and oxygen atoms in total. The predicted molar refractivity (Wildman–Crippen MR) is 137 cm³/mol. The fraction of sp³-hybridized carbons (Fsp3) is 0.481. The Hall–Kier alpha value is -2.78. The number of piperidine rings is 1. The van der Waals surface area contributed by atoms with Gasteiger partial charge in [-0.05, 0) is 50.0 Å². The van der Waals surface area contributed by atoms with E-state index in [0.29, 0.717) is 43.9 Å².